The Kier molecular flexibility index (Phi) is 3.95. The van der Waals surface area contributed by atoms with E-state index in [-0.39, 0.29) is 5.91 Å². The average Bonchev–Trinajstić information content (AvgIpc) is 2.98. The van der Waals surface area contributed by atoms with Crippen molar-refractivity contribution >= 4 is 5.91 Å². The number of ether oxygens (including phenoxy) is 1. The SMILES string of the molecule is Cc1ccc(Oc2ccc(C(=O)N3CCCCC3)o2)cc1. The van der Waals surface area contributed by atoms with Gasteiger partial charge in [-0.3, -0.25) is 4.79 Å². The zero-order chi connectivity index (χ0) is 14.7. The number of carbonyl (C=O) groups excluding carboxylic acids is 1. The summed E-state index contributed by atoms with van der Waals surface area (Å²) in [5.74, 6) is 1.35. The molecular weight excluding hydrogens is 266 g/mol. The minimum absolute atomic E-state index is 0.0477. The molecule has 4 nitrogen and oxygen atoms in total. The number of hydrogen-bond donors (Lipinski definition) is 0. The number of furan rings is 1. The summed E-state index contributed by atoms with van der Waals surface area (Å²) < 4.78 is 11.1. The zero-order valence-corrected chi connectivity index (χ0v) is 12.2. The molecule has 1 saturated heterocycles. The number of aryl methyl sites for hydroxylation is 1. The molecule has 1 fully saturated rings. The first-order valence-electron chi connectivity index (χ1n) is 7.36. The van der Waals surface area contributed by atoms with Gasteiger partial charge in [0.25, 0.3) is 11.9 Å². The molecule has 0 N–H and O–H groups in total. The van der Waals surface area contributed by atoms with Crippen molar-refractivity contribution in [3.63, 3.8) is 0 Å². The van der Waals surface area contributed by atoms with Crippen molar-refractivity contribution in [2.24, 2.45) is 0 Å². The van der Waals surface area contributed by atoms with Crippen molar-refractivity contribution in [3.8, 4) is 11.7 Å². The van der Waals surface area contributed by atoms with Crippen molar-refractivity contribution in [1.82, 2.24) is 4.90 Å². The molecule has 3 rings (SSSR count). The van der Waals surface area contributed by atoms with Crippen LogP contribution in [-0.2, 0) is 0 Å². The van der Waals surface area contributed by atoms with Crippen molar-refractivity contribution in [1.29, 1.82) is 0 Å². The lowest BCUT2D eigenvalue weighted by Gasteiger charge is -2.25. The molecule has 0 bridgehead atoms. The van der Waals surface area contributed by atoms with Gasteiger partial charge in [-0.05, 0) is 44.4 Å². The highest BCUT2D eigenvalue weighted by Crippen LogP contribution is 2.25. The fraction of sp³-hybridized carbons (Fsp3) is 0.353. The standard InChI is InChI=1S/C17H19NO3/c1-13-5-7-14(8-6-13)20-16-10-9-15(21-16)17(19)18-11-3-2-4-12-18/h5-10H,2-4,11-12H2,1H3. The average molecular weight is 285 g/mol. The molecule has 2 heterocycles. The Balaban J connectivity index is 1.68. The molecule has 1 aromatic carbocycles. The molecule has 0 saturated carbocycles. The van der Waals surface area contributed by atoms with Gasteiger partial charge in [-0.25, -0.2) is 0 Å². The third-order valence-corrected chi connectivity index (χ3v) is 3.67. The topological polar surface area (TPSA) is 42.7 Å². The van der Waals surface area contributed by atoms with E-state index >= 15 is 0 Å². The van der Waals surface area contributed by atoms with Gasteiger partial charge in [-0.15, -0.1) is 0 Å². The van der Waals surface area contributed by atoms with Crippen molar-refractivity contribution in [2.75, 3.05) is 13.1 Å². The van der Waals surface area contributed by atoms with Crippen LogP contribution in [-0.4, -0.2) is 23.9 Å². The number of benzene rings is 1. The van der Waals surface area contributed by atoms with Crippen molar-refractivity contribution in [2.45, 2.75) is 26.2 Å². The van der Waals surface area contributed by atoms with Crippen LogP contribution in [0.4, 0.5) is 0 Å². The normalized spacial score (nSPS) is 15.0. The smallest absolute Gasteiger partial charge is 0.290 e. The Bertz CT molecular complexity index is 609. The summed E-state index contributed by atoms with van der Waals surface area (Å²) in [7, 11) is 0. The number of hydrogen-bond acceptors (Lipinski definition) is 3. The zero-order valence-electron chi connectivity index (χ0n) is 12.2. The molecule has 1 aromatic heterocycles. The first-order valence-corrected chi connectivity index (χ1v) is 7.36. The number of carbonyl (C=O) groups is 1. The number of likely N-dealkylation sites (tertiary alicyclic amines) is 1. The Morgan fingerprint density at radius 3 is 2.48 bits per heavy atom. The summed E-state index contributed by atoms with van der Waals surface area (Å²) in [6.07, 6.45) is 3.34. The van der Waals surface area contributed by atoms with E-state index < -0.39 is 0 Å². The van der Waals surface area contributed by atoms with Crippen molar-refractivity contribution in [3.05, 3.63) is 47.7 Å². The van der Waals surface area contributed by atoms with Gasteiger partial charge in [0.1, 0.15) is 5.75 Å². The molecule has 2 aromatic rings. The van der Waals surface area contributed by atoms with Crippen LogP contribution in [0.25, 0.3) is 0 Å². The molecule has 1 aliphatic heterocycles. The minimum Gasteiger partial charge on any atom is -0.426 e. The van der Waals surface area contributed by atoms with Crippen LogP contribution in [0.2, 0.25) is 0 Å². The molecule has 0 radical (unpaired) electrons. The van der Waals surface area contributed by atoms with E-state index in [2.05, 4.69) is 0 Å². The van der Waals surface area contributed by atoms with Crippen LogP contribution in [0.3, 0.4) is 0 Å². The Hall–Kier alpha value is -2.23. The van der Waals surface area contributed by atoms with Crippen LogP contribution in [0.1, 0.15) is 35.4 Å². The quantitative estimate of drug-likeness (QED) is 0.855. The Labute approximate surface area is 124 Å². The van der Waals surface area contributed by atoms with Gasteiger partial charge in [0.05, 0.1) is 0 Å². The van der Waals surface area contributed by atoms with Gasteiger partial charge in [-0.2, -0.15) is 0 Å². The van der Waals surface area contributed by atoms with Gasteiger partial charge in [-0.1, -0.05) is 17.7 Å². The molecule has 1 amide bonds. The maximum absolute atomic E-state index is 12.3. The lowest BCUT2D eigenvalue weighted by atomic mass is 10.1. The number of piperidine rings is 1. The molecule has 4 heteroatoms. The lowest BCUT2D eigenvalue weighted by Crippen LogP contribution is -2.35. The predicted molar refractivity (Wildman–Crippen MR) is 79.7 cm³/mol. The van der Waals surface area contributed by atoms with E-state index in [9.17, 15) is 4.79 Å². The number of rotatable bonds is 3. The predicted octanol–water partition coefficient (Wildman–Crippen LogP) is 4.01. The summed E-state index contributed by atoms with van der Waals surface area (Å²) in [5, 5.41) is 0. The highest BCUT2D eigenvalue weighted by molar-refractivity contribution is 5.91. The highest BCUT2D eigenvalue weighted by atomic mass is 16.6. The van der Waals surface area contributed by atoms with Gasteiger partial charge in [0, 0.05) is 19.2 Å². The first-order chi connectivity index (χ1) is 10.2. The van der Waals surface area contributed by atoms with Gasteiger partial charge in [0.15, 0.2) is 5.76 Å². The van der Waals surface area contributed by atoms with Crippen LogP contribution >= 0.6 is 0 Å². The Morgan fingerprint density at radius 2 is 1.76 bits per heavy atom. The second kappa shape index (κ2) is 6.04. The van der Waals surface area contributed by atoms with Gasteiger partial charge < -0.3 is 14.1 Å². The molecule has 21 heavy (non-hydrogen) atoms. The molecule has 0 aliphatic carbocycles. The molecular formula is C17H19NO3. The molecule has 0 spiro atoms. The van der Waals surface area contributed by atoms with Gasteiger partial charge >= 0.3 is 0 Å². The molecule has 1 aliphatic rings. The number of nitrogens with zero attached hydrogens (tertiary/aromatic N) is 1. The first kappa shape index (κ1) is 13.7. The van der Waals surface area contributed by atoms with Crippen molar-refractivity contribution < 1.29 is 13.9 Å². The fourth-order valence-corrected chi connectivity index (χ4v) is 2.47. The maximum atomic E-state index is 12.3. The lowest BCUT2D eigenvalue weighted by molar-refractivity contribution is 0.0687. The van der Waals surface area contributed by atoms with Gasteiger partial charge in [0.2, 0.25) is 0 Å². The van der Waals surface area contributed by atoms with E-state index in [1.807, 2.05) is 36.1 Å². The van der Waals surface area contributed by atoms with E-state index in [1.165, 1.54) is 12.0 Å². The third kappa shape index (κ3) is 3.27. The van der Waals surface area contributed by atoms with E-state index in [0.717, 1.165) is 25.9 Å². The monoisotopic (exact) mass is 285 g/mol. The largest absolute Gasteiger partial charge is 0.426 e. The highest BCUT2D eigenvalue weighted by Gasteiger charge is 2.21. The van der Waals surface area contributed by atoms with E-state index in [4.69, 9.17) is 9.15 Å². The second-order valence-corrected chi connectivity index (χ2v) is 5.39. The third-order valence-electron chi connectivity index (χ3n) is 3.67. The molecule has 110 valence electrons. The summed E-state index contributed by atoms with van der Waals surface area (Å²) in [6.45, 7) is 3.65. The van der Waals surface area contributed by atoms with Crippen LogP contribution in [0.15, 0.2) is 40.8 Å². The van der Waals surface area contributed by atoms with Crippen LogP contribution in [0.5, 0.6) is 11.7 Å². The summed E-state index contributed by atoms with van der Waals surface area (Å²) in [6, 6.07) is 11.1. The Morgan fingerprint density at radius 1 is 1.05 bits per heavy atom. The second-order valence-electron chi connectivity index (χ2n) is 5.39. The van der Waals surface area contributed by atoms with Crippen LogP contribution in [0, 0.1) is 6.92 Å². The summed E-state index contributed by atoms with van der Waals surface area (Å²) >= 11 is 0. The van der Waals surface area contributed by atoms with E-state index in [0.29, 0.717) is 17.5 Å². The maximum Gasteiger partial charge on any atom is 0.290 e. The summed E-state index contributed by atoms with van der Waals surface area (Å²) in [4.78, 5) is 14.1. The van der Waals surface area contributed by atoms with Crippen LogP contribution < -0.4 is 4.74 Å². The minimum atomic E-state index is -0.0477. The molecule has 0 atom stereocenters. The van der Waals surface area contributed by atoms with E-state index in [1.54, 1.807) is 12.1 Å². The fourth-order valence-electron chi connectivity index (χ4n) is 2.47. The summed E-state index contributed by atoms with van der Waals surface area (Å²) in [5.41, 5.74) is 1.17. The molecule has 0 unspecified atom stereocenters. The number of amides is 1.